The molecule has 1 aliphatic rings. The summed E-state index contributed by atoms with van der Waals surface area (Å²) in [6, 6.07) is 15.9. The van der Waals surface area contributed by atoms with Crippen LogP contribution in [0.5, 0.6) is 5.75 Å². The Morgan fingerprint density at radius 3 is 2.76 bits per heavy atom. The van der Waals surface area contributed by atoms with E-state index in [1.54, 1.807) is 12.4 Å². The molecule has 0 spiro atoms. The standard InChI is InChI=1S/C25H28N8O/c1-2-28-23-18(15-29-32-23)22(26)33-13-11-25(27,12-14-33)24-30-19-9-6-10-20(21(19)31-24)34-16-17-7-4-3-5-8-17/h2-10,15,26H,1,11-14,16,27H2,(H,30,31)(H2,28,29,32). The molecule has 2 aromatic heterocycles. The highest BCUT2D eigenvalue weighted by atomic mass is 16.5. The number of fused-ring (bicyclic) bond motifs is 1. The average molecular weight is 457 g/mol. The Balaban J connectivity index is 1.31. The van der Waals surface area contributed by atoms with Crippen molar-refractivity contribution in [1.29, 1.82) is 5.41 Å². The lowest BCUT2D eigenvalue weighted by atomic mass is 9.87. The number of likely N-dealkylation sites (tertiary alicyclic amines) is 1. The van der Waals surface area contributed by atoms with Crippen molar-refractivity contribution < 1.29 is 4.74 Å². The van der Waals surface area contributed by atoms with Gasteiger partial charge in [0.1, 0.15) is 35.4 Å². The van der Waals surface area contributed by atoms with Gasteiger partial charge in [0.25, 0.3) is 0 Å². The highest BCUT2D eigenvalue weighted by molar-refractivity contribution is 6.00. The lowest BCUT2D eigenvalue weighted by Crippen LogP contribution is -2.50. The maximum Gasteiger partial charge on any atom is 0.147 e. The normalized spacial score (nSPS) is 15.3. The van der Waals surface area contributed by atoms with Crippen LogP contribution in [-0.2, 0) is 12.1 Å². The first kappa shape index (κ1) is 21.7. The zero-order valence-corrected chi connectivity index (χ0v) is 18.8. The van der Waals surface area contributed by atoms with Gasteiger partial charge in [0.2, 0.25) is 0 Å². The largest absolute Gasteiger partial charge is 0.487 e. The van der Waals surface area contributed by atoms with Crippen LogP contribution < -0.4 is 15.8 Å². The molecular weight excluding hydrogens is 428 g/mol. The van der Waals surface area contributed by atoms with Crippen LogP contribution in [0.2, 0.25) is 0 Å². The van der Waals surface area contributed by atoms with Gasteiger partial charge in [0.15, 0.2) is 0 Å². The van der Waals surface area contributed by atoms with Crippen LogP contribution in [0.15, 0.2) is 67.5 Å². The molecule has 9 nitrogen and oxygen atoms in total. The van der Waals surface area contributed by atoms with Crippen LogP contribution in [0.4, 0.5) is 5.82 Å². The molecule has 0 atom stereocenters. The number of para-hydroxylation sites is 1. The number of anilines is 1. The van der Waals surface area contributed by atoms with E-state index in [0.717, 1.165) is 28.2 Å². The number of amidine groups is 1. The number of aromatic amines is 2. The van der Waals surface area contributed by atoms with Crippen molar-refractivity contribution in [3.8, 4) is 5.75 Å². The summed E-state index contributed by atoms with van der Waals surface area (Å²) in [5.74, 6) is 2.54. The van der Waals surface area contributed by atoms with E-state index in [2.05, 4.69) is 27.1 Å². The molecule has 2 aromatic carbocycles. The van der Waals surface area contributed by atoms with Crippen LogP contribution >= 0.6 is 0 Å². The first-order valence-corrected chi connectivity index (χ1v) is 11.3. The van der Waals surface area contributed by atoms with Crippen molar-refractivity contribution in [1.82, 2.24) is 25.1 Å². The smallest absolute Gasteiger partial charge is 0.147 e. The second kappa shape index (κ2) is 9.03. The number of hydrogen-bond donors (Lipinski definition) is 5. The molecule has 5 rings (SSSR count). The van der Waals surface area contributed by atoms with Crippen molar-refractivity contribution in [2.75, 3.05) is 18.4 Å². The fourth-order valence-corrected chi connectivity index (χ4v) is 4.31. The van der Waals surface area contributed by atoms with Crippen molar-refractivity contribution in [2.45, 2.75) is 25.0 Å². The molecule has 0 aliphatic carbocycles. The molecule has 4 aromatic rings. The Morgan fingerprint density at radius 1 is 1.21 bits per heavy atom. The van der Waals surface area contributed by atoms with Crippen LogP contribution in [0.25, 0.3) is 11.0 Å². The number of imidazole rings is 1. The fraction of sp³-hybridized carbons (Fsp3) is 0.240. The Labute approximate surface area is 197 Å². The molecule has 0 bridgehead atoms. The third-order valence-electron chi connectivity index (χ3n) is 6.30. The second-order valence-corrected chi connectivity index (χ2v) is 8.51. The van der Waals surface area contributed by atoms with Crippen LogP contribution in [0, 0.1) is 5.41 Å². The molecule has 0 amide bonds. The molecule has 1 aliphatic heterocycles. The lowest BCUT2D eigenvalue weighted by Gasteiger charge is -2.39. The van der Waals surface area contributed by atoms with E-state index in [0.29, 0.717) is 49.8 Å². The maximum atomic E-state index is 8.64. The SMILES string of the molecule is C=CNc1[nH]ncc1C(=N)N1CCC(N)(c2nc3c(OCc4ccccc4)cccc3[nH]2)CC1. The first-order chi connectivity index (χ1) is 16.6. The number of H-pyrrole nitrogens is 2. The molecule has 1 saturated heterocycles. The minimum Gasteiger partial charge on any atom is -0.487 e. The second-order valence-electron chi connectivity index (χ2n) is 8.51. The maximum absolute atomic E-state index is 8.64. The van der Waals surface area contributed by atoms with Crippen LogP contribution in [0.3, 0.4) is 0 Å². The van der Waals surface area contributed by atoms with Crippen molar-refractivity contribution in [3.05, 3.63) is 84.5 Å². The van der Waals surface area contributed by atoms with Gasteiger partial charge in [-0.3, -0.25) is 10.5 Å². The third-order valence-corrected chi connectivity index (χ3v) is 6.30. The number of piperidine rings is 1. The van der Waals surface area contributed by atoms with Gasteiger partial charge in [-0.15, -0.1) is 0 Å². The van der Waals surface area contributed by atoms with Gasteiger partial charge in [-0.1, -0.05) is 43.0 Å². The van der Waals surface area contributed by atoms with E-state index in [1.807, 2.05) is 53.4 Å². The van der Waals surface area contributed by atoms with E-state index in [4.69, 9.17) is 20.9 Å². The van der Waals surface area contributed by atoms with Gasteiger partial charge in [-0.2, -0.15) is 5.10 Å². The summed E-state index contributed by atoms with van der Waals surface area (Å²) in [6.45, 7) is 5.43. The third kappa shape index (κ3) is 4.13. The Bertz CT molecular complexity index is 1300. The lowest BCUT2D eigenvalue weighted by molar-refractivity contribution is 0.222. The minimum absolute atomic E-state index is 0.404. The molecule has 0 unspecified atom stereocenters. The zero-order chi connectivity index (χ0) is 23.5. The summed E-state index contributed by atoms with van der Waals surface area (Å²) in [5.41, 5.74) is 9.73. The predicted octanol–water partition coefficient (Wildman–Crippen LogP) is 3.70. The summed E-state index contributed by atoms with van der Waals surface area (Å²) in [7, 11) is 0. The molecule has 0 saturated carbocycles. The van der Waals surface area contributed by atoms with Crippen molar-refractivity contribution in [2.24, 2.45) is 5.73 Å². The molecular formula is C25H28N8O. The molecule has 3 heterocycles. The molecule has 34 heavy (non-hydrogen) atoms. The minimum atomic E-state index is -0.606. The number of benzene rings is 2. The molecule has 6 N–H and O–H groups in total. The van der Waals surface area contributed by atoms with Crippen LogP contribution in [-0.4, -0.2) is 44.0 Å². The monoisotopic (exact) mass is 456 g/mol. The van der Waals surface area contributed by atoms with Crippen LogP contribution in [0.1, 0.15) is 29.8 Å². The van der Waals surface area contributed by atoms with Gasteiger partial charge >= 0.3 is 0 Å². The Hall–Kier alpha value is -4.11. The number of nitrogens with two attached hydrogens (primary N) is 1. The van der Waals surface area contributed by atoms with Gasteiger partial charge < -0.3 is 25.7 Å². The molecule has 0 radical (unpaired) electrons. The van der Waals surface area contributed by atoms with Gasteiger partial charge in [0, 0.05) is 13.1 Å². The van der Waals surface area contributed by atoms with E-state index in [9.17, 15) is 0 Å². The summed E-state index contributed by atoms with van der Waals surface area (Å²) < 4.78 is 6.08. The summed E-state index contributed by atoms with van der Waals surface area (Å²) in [6.07, 6.45) is 4.54. The number of aromatic nitrogens is 4. The summed E-state index contributed by atoms with van der Waals surface area (Å²) in [5, 5.41) is 18.5. The summed E-state index contributed by atoms with van der Waals surface area (Å²) in [4.78, 5) is 10.3. The molecule has 9 heteroatoms. The molecule has 174 valence electrons. The van der Waals surface area contributed by atoms with E-state index in [-0.39, 0.29) is 0 Å². The first-order valence-electron chi connectivity index (χ1n) is 11.3. The van der Waals surface area contributed by atoms with Crippen molar-refractivity contribution >= 4 is 22.7 Å². The van der Waals surface area contributed by atoms with E-state index in [1.165, 1.54) is 0 Å². The van der Waals surface area contributed by atoms with E-state index >= 15 is 0 Å². The zero-order valence-electron chi connectivity index (χ0n) is 18.8. The fourth-order valence-electron chi connectivity index (χ4n) is 4.31. The number of nitrogens with zero attached hydrogens (tertiary/aromatic N) is 3. The Morgan fingerprint density at radius 2 is 2.00 bits per heavy atom. The number of rotatable bonds is 7. The van der Waals surface area contributed by atoms with E-state index < -0.39 is 5.54 Å². The van der Waals surface area contributed by atoms with Crippen molar-refractivity contribution in [3.63, 3.8) is 0 Å². The number of hydrogen-bond acceptors (Lipinski definition) is 6. The van der Waals surface area contributed by atoms with Gasteiger partial charge in [-0.05, 0) is 36.7 Å². The van der Waals surface area contributed by atoms with Gasteiger partial charge in [-0.25, -0.2) is 4.98 Å². The predicted molar refractivity (Wildman–Crippen MR) is 133 cm³/mol. The summed E-state index contributed by atoms with van der Waals surface area (Å²) >= 11 is 0. The van der Waals surface area contributed by atoms with Gasteiger partial charge in [0.05, 0.1) is 22.8 Å². The molecule has 1 fully saturated rings. The number of nitrogens with one attached hydrogen (secondary N) is 4. The highest BCUT2D eigenvalue weighted by Crippen LogP contribution is 2.33. The highest BCUT2D eigenvalue weighted by Gasteiger charge is 2.36. The average Bonchev–Trinajstić information content (AvgIpc) is 3.52. The Kier molecular flexibility index (Phi) is 5.77. The number of ether oxygens (including phenoxy) is 1. The quantitative estimate of drug-likeness (QED) is 0.213. The topological polar surface area (TPSA) is 132 Å².